The fourth-order valence-corrected chi connectivity index (χ4v) is 4.18. The molecular formula is C28H34N4O4. The molecule has 1 N–H and O–H groups in total. The summed E-state index contributed by atoms with van der Waals surface area (Å²) in [5.74, 6) is 2.08. The van der Waals surface area contributed by atoms with Gasteiger partial charge in [-0.2, -0.15) is 0 Å². The number of rotatable bonds is 10. The van der Waals surface area contributed by atoms with E-state index in [1.807, 2.05) is 62.5 Å². The normalized spacial score (nSPS) is 12.3. The van der Waals surface area contributed by atoms with E-state index in [9.17, 15) is 4.79 Å². The second-order valence-electron chi connectivity index (χ2n) is 9.67. The second-order valence-corrected chi connectivity index (χ2v) is 9.67. The zero-order chi connectivity index (χ0) is 25.8. The molecule has 0 saturated carbocycles. The van der Waals surface area contributed by atoms with Crippen LogP contribution in [0.1, 0.15) is 34.1 Å². The number of para-hydroxylation sites is 2. The number of fused-ring (bicyclic) bond motifs is 3. The molecule has 8 nitrogen and oxygen atoms in total. The summed E-state index contributed by atoms with van der Waals surface area (Å²) in [7, 11) is 3.23. The maximum absolute atomic E-state index is 13.0. The standard InChI is InChI=1S/C28H34N4O4/c1-17(2)13-21(28(33)36-16-18(3)4)31-26-27-29-15-23(19-11-12-24(34-5)25(14-19)35-6)32(27)22-10-8-7-9-20(22)30-26/h7-12,14-15,17-18,21H,13,16H2,1-6H3,(H,30,31). The molecule has 0 bridgehead atoms. The fourth-order valence-electron chi connectivity index (χ4n) is 4.18. The van der Waals surface area contributed by atoms with Gasteiger partial charge in [0.15, 0.2) is 23.0 Å². The summed E-state index contributed by atoms with van der Waals surface area (Å²) >= 11 is 0. The maximum atomic E-state index is 13.0. The Labute approximate surface area is 211 Å². The van der Waals surface area contributed by atoms with Crippen molar-refractivity contribution in [2.45, 2.75) is 40.2 Å². The third kappa shape index (κ3) is 5.22. The van der Waals surface area contributed by atoms with Crippen LogP contribution in [-0.2, 0) is 9.53 Å². The number of carbonyl (C=O) groups is 1. The topological polar surface area (TPSA) is 87.0 Å². The van der Waals surface area contributed by atoms with Crippen molar-refractivity contribution >= 4 is 28.5 Å². The van der Waals surface area contributed by atoms with Crippen molar-refractivity contribution in [2.75, 3.05) is 26.1 Å². The molecule has 0 aliphatic heterocycles. The van der Waals surface area contributed by atoms with Crippen LogP contribution in [0.2, 0.25) is 0 Å². The van der Waals surface area contributed by atoms with Gasteiger partial charge in [0.05, 0.1) is 43.8 Å². The number of carbonyl (C=O) groups excluding carboxylic acids is 1. The molecule has 0 aliphatic carbocycles. The Hall–Kier alpha value is -3.81. The Kier molecular flexibility index (Phi) is 7.62. The summed E-state index contributed by atoms with van der Waals surface area (Å²) in [4.78, 5) is 22.6. The molecule has 4 rings (SSSR count). The van der Waals surface area contributed by atoms with Gasteiger partial charge in [-0.1, -0.05) is 39.8 Å². The molecule has 0 fully saturated rings. The van der Waals surface area contributed by atoms with Crippen LogP contribution < -0.4 is 14.8 Å². The number of nitrogens with zero attached hydrogens (tertiary/aromatic N) is 3. The van der Waals surface area contributed by atoms with E-state index in [1.165, 1.54) is 0 Å². The predicted octanol–water partition coefficient (Wildman–Crippen LogP) is 5.59. The van der Waals surface area contributed by atoms with Crippen LogP contribution in [0.4, 0.5) is 5.82 Å². The lowest BCUT2D eigenvalue weighted by Gasteiger charge is -2.21. The number of benzene rings is 2. The van der Waals surface area contributed by atoms with Crippen LogP contribution in [0.15, 0.2) is 48.7 Å². The molecule has 2 aromatic heterocycles. The largest absolute Gasteiger partial charge is 0.493 e. The van der Waals surface area contributed by atoms with E-state index in [1.54, 1.807) is 14.2 Å². The van der Waals surface area contributed by atoms with Gasteiger partial charge in [0.25, 0.3) is 0 Å². The number of esters is 1. The van der Waals surface area contributed by atoms with E-state index in [0.717, 1.165) is 22.3 Å². The van der Waals surface area contributed by atoms with Gasteiger partial charge >= 0.3 is 5.97 Å². The number of hydrogen-bond donors (Lipinski definition) is 1. The fraction of sp³-hybridized carbons (Fsp3) is 0.393. The highest BCUT2D eigenvalue weighted by atomic mass is 16.5. The average molecular weight is 491 g/mol. The van der Waals surface area contributed by atoms with Crippen LogP contribution in [-0.4, -0.2) is 47.2 Å². The van der Waals surface area contributed by atoms with Crippen molar-refractivity contribution in [2.24, 2.45) is 11.8 Å². The molecule has 1 unspecified atom stereocenters. The minimum absolute atomic E-state index is 0.260. The number of methoxy groups -OCH3 is 2. The lowest BCUT2D eigenvalue weighted by atomic mass is 10.0. The molecule has 0 aliphatic rings. The number of aromatic nitrogens is 3. The molecule has 0 spiro atoms. The Morgan fingerprint density at radius 3 is 2.44 bits per heavy atom. The summed E-state index contributed by atoms with van der Waals surface area (Å²) in [6.07, 6.45) is 2.42. The molecule has 8 heteroatoms. The number of nitrogens with one attached hydrogen (secondary N) is 1. The molecular weight excluding hydrogens is 456 g/mol. The van der Waals surface area contributed by atoms with Gasteiger partial charge in [-0.25, -0.2) is 14.8 Å². The molecule has 2 heterocycles. The van der Waals surface area contributed by atoms with Crippen molar-refractivity contribution in [3.63, 3.8) is 0 Å². The van der Waals surface area contributed by atoms with Gasteiger partial charge in [-0.05, 0) is 48.6 Å². The van der Waals surface area contributed by atoms with Gasteiger partial charge in [-0.15, -0.1) is 0 Å². The van der Waals surface area contributed by atoms with Crippen molar-refractivity contribution < 1.29 is 19.0 Å². The predicted molar refractivity (Wildman–Crippen MR) is 142 cm³/mol. The van der Waals surface area contributed by atoms with Crippen LogP contribution in [0.5, 0.6) is 11.5 Å². The van der Waals surface area contributed by atoms with Crippen molar-refractivity contribution in [3.05, 3.63) is 48.7 Å². The lowest BCUT2D eigenvalue weighted by molar-refractivity contribution is -0.146. The Morgan fingerprint density at radius 2 is 1.75 bits per heavy atom. The van der Waals surface area contributed by atoms with E-state index in [2.05, 4.69) is 23.6 Å². The molecule has 190 valence electrons. The minimum atomic E-state index is -0.539. The first-order valence-electron chi connectivity index (χ1n) is 12.2. The highest BCUT2D eigenvalue weighted by Crippen LogP contribution is 2.34. The lowest BCUT2D eigenvalue weighted by Crippen LogP contribution is -2.34. The van der Waals surface area contributed by atoms with Gasteiger partial charge in [0.1, 0.15) is 6.04 Å². The zero-order valence-corrected chi connectivity index (χ0v) is 21.7. The van der Waals surface area contributed by atoms with Crippen LogP contribution in [0.25, 0.3) is 27.9 Å². The number of imidazole rings is 1. The molecule has 2 aromatic carbocycles. The maximum Gasteiger partial charge on any atom is 0.328 e. The van der Waals surface area contributed by atoms with Gasteiger partial charge in [0, 0.05) is 5.56 Å². The van der Waals surface area contributed by atoms with E-state index in [0.29, 0.717) is 36.0 Å². The van der Waals surface area contributed by atoms with Crippen molar-refractivity contribution in [1.29, 1.82) is 0 Å². The third-order valence-corrected chi connectivity index (χ3v) is 5.87. The summed E-state index contributed by atoms with van der Waals surface area (Å²) in [5.41, 5.74) is 4.10. The quantitative estimate of drug-likeness (QED) is 0.290. The SMILES string of the molecule is COc1ccc(-c2cnc3c(NC(CC(C)C)C(=O)OCC(C)C)nc4ccccc4n23)cc1OC. The van der Waals surface area contributed by atoms with Crippen LogP contribution in [0.3, 0.4) is 0 Å². The Balaban J connectivity index is 1.83. The second kappa shape index (κ2) is 10.8. The minimum Gasteiger partial charge on any atom is -0.493 e. The molecule has 0 amide bonds. The highest BCUT2D eigenvalue weighted by molar-refractivity contribution is 5.88. The molecule has 4 aromatic rings. The Bertz CT molecular complexity index is 1360. The van der Waals surface area contributed by atoms with E-state index >= 15 is 0 Å². The average Bonchev–Trinajstić information content (AvgIpc) is 3.32. The van der Waals surface area contributed by atoms with E-state index in [4.69, 9.17) is 24.2 Å². The summed E-state index contributed by atoms with van der Waals surface area (Å²) < 4.78 is 18.6. The number of ether oxygens (including phenoxy) is 3. The molecule has 36 heavy (non-hydrogen) atoms. The smallest absolute Gasteiger partial charge is 0.328 e. The van der Waals surface area contributed by atoms with Crippen LogP contribution >= 0.6 is 0 Å². The van der Waals surface area contributed by atoms with Crippen molar-refractivity contribution in [1.82, 2.24) is 14.4 Å². The zero-order valence-electron chi connectivity index (χ0n) is 21.7. The van der Waals surface area contributed by atoms with E-state index in [-0.39, 0.29) is 17.8 Å². The number of hydrogen-bond acceptors (Lipinski definition) is 7. The van der Waals surface area contributed by atoms with Crippen LogP contribution in [0, 0.1) is 11.8 Å². The van der Waals surface area contributed by atoms with E-state index < -0.39 is 6.04 Å². The molecule has 0 saturated heterocycles. The van der Waals surface area contributed by atoms with Gasteiger partial charge in [-0.3, -0.25) is 4.40 Å². The molecule has 1 atom stereocenters. The summed E-state index contributed by atoms with van der Waals surface area (Å²) in [6, 6.07) is 13.1. The summed E-state index contributed by atoms with van der Waals surface area (Å²) in [5, 5.41) is 3.36. The summed E-state index contributed by atoms with van der Waals surface area (Å²) in [6.45, 7) is 8.58. The van der Waals surface area contributed by atoms with Gasteiger partial charge < -0.3 is 19.5 Å². The van der Waals surface area contributed by atoms with Gasteiger partial charge in [0.2, 0.25) is 0 Å². The third-order valence-electron chi connectivity index (χ3n) is 5.87. The van der Waals surface area contributed by atoms with Crippen molar-refractivity contribution in [3.8, 4) is 22.8 Å². The first-order valence-corrected chi connectivity index (χ1v) is 12.2. The first-order chi connectivity index (χ1) is 17.3. The highest BCUT2D eigenvalue weighted by Gasteiger charge is 2.25. The monoisotopic (exact) mass is 490 g/mol. The Morgan fingerprint density at radius 1 is 1.00 bits per heavy atom. The first kappa shape index (κ1) is 25.3. The number of anilines is 1. The molecule has 0 radical (unpaired) electrons.